The Labute approximate surface area is 131 Å². The average molecular weight is 324 g/mol. The molecule has 1 aromatic carbocycles. The summed E-state index contributed by atoms with van der Waals surface area (Å²) in [6.07, 6.45) is 4.28. The van der Waals surface area contributed by atoms with Crippen molar-refractivity contribution in [3.63, 3.8) is 0 Å². The van der Waals surface area contributed by atoms with Crippen LogP contribution in [0.1, 0.15) is 47.7 Å². The molecule has 22 heavy (non-hydrogen) atoms. The summed E-state index contributed by atoms with van der Waals surface area (Å²) in [5.41, 5.74) is 3.00. The normalized spacial score (nSPS) is 14.5. The molecule has 1 aliphatic rings. The molecule has 0 N–H and O–H groups in total. The lowest BCUT2D eigenvalue weighted by molar-refractivity contribution is 0.0600. The maximum Gasteiger partial charge on any atom is 0.337 e. The van der Waals surface area contributed by atoms with E-state index in [1.54, 1.807) is 12.1 Å². The van der Waals surface area contributed by atoms with E-state index in [4.69, 9.17) is 8.92 Å². The Kier molecular flexibility index (Phi) is 4.90. The number of carbonyl (C=O) groups is 1. The number of hydrogen-bond donors (Lipinski definition) is 0. The van der Waals surface area contributed by atoms with Gasteiger partial charge in [0.05, 0.1) is 18.9 Å². The Morgan fingerprint density at radius 3 is 2.59 bits per heavy atom. The van der Waals surface area contributed by atoms with Crippen molar-refractivity contribution in [2.45, 2.75) is 32.6 Å². The molecular formula is C16H20O5S. The predicted octanol–water partition coefficient (Wildman–Crippen LogP) is 2.91. The first-order chi connectivity index (χ1) is 10.4. The summed E-state index contributed by atoms with van der Waals surface area (Å²) < 4.78 is 33.1. The monoisotopic (exact) mass is 324 g/mol. The fraction of sp³-hybridized carbons (Fsp3) is 0.438. The smallest absolute Gasteiger partial charge is 0.337 e. The molecule has 6 heteroatoms. The van der Waals surface area contributed by atoms with Crippen LogP contribution in [0.25, 0.3) is 5.76 Å². The lowest BCUT2D eigenvalue weighted by Gasteiger charge is -2.23. The standard InChI is InChI=1S/C16H20O5S/c1-4-5-12-8-6-11-7-9-13(16(17)20-2)10-14(11)15(12)21-22(3,18)19/h7,9-10H,4-6,8H2,1-3H3. The Balaban J connectivity index is 2.56. The molecule has 120 valence electrons. The van der Waals surface area contributed by atoms with Gasteiger partial charge in [-0.1, -0.05) is 19.4 Å². The van der Waals surface area contributed by atoms with E-state index in [2.05, 4.69) is 0 Å². The molecule has 0 saturated carbocycles. The number of rotatable bonds is 5. The highest BCUT2D eigenvalue weighted by molar-refractivity contribution is 7.86. The van der Waals surface area contributed by atoms with E-state index in [-0.39, 0.29) is 0 Å². The minimum atomic E-state index is -3.63. The lowest BCUT2D eigenvalue weighted by atomic mass is 9.87. The number of hydrogen-bond acceptors (Lipinski definition) is 5. The molecule has 0 amide bonds. The summed E-state index contributed by atoms with van der Waals surface area (Å²) in [4.78, 5) is 11.7. The number of allylic oxidation sites excluding steroid dienone is 1. The second-order valence-electron chi connectivity index (χ2n) is 5.33. The van der Waals surface area contributed by atoms with Crippen LogP contribution in [0.3, 0.4) is 0 Å². The summed E-state index contributed by atoms with van der Waals surface area (Å²) in [5.74, 6) is -0.0829. The van der Waals surface area contributed by atoms with Gasteiger partial charge in [0.1, 0.15) is 5.76 Å². The summed E-state index contributed by atoms with van der Waals surface area (Å²) in [6, 6.07) is 5.17. The van der Waals surface area contributed by atoms with E-state index in [0.717, 1.165) is 43.1 Å². The van der Waals surface area contributed by atoms with Crippen molar-refractivity contribution in [2.24, 2.45) is 0 Å². The molecule has 0 heterocycles. The molecule has 0 bridgehead atoms. The van der Waals surface area contributed by atoms with Crippen molar-refractivity contribution in [2.75, 3.05) is 13.4 Å². The summed E-state index contributed by atoms with van der Waals surface area (Å²) in [7, 11) is -2.32. The maximum absolute atomic E-state index is 11.7. The molecule has 2 rings (SSSR count). The topological polar surface area (TPSA) is 69.7 Å². The first-order valence-corrected chi connectivity index (χ1v) is 9.00. The molecule has 0 aliphatic heterocycles. The van der Waals surface area contributed by atoms with Gasteiger partial charge in [-0.3, -0.25) is 0 Å². The molecule has 0 atom stereocenters. The minimum Gasteiger partial charge on any atom is -0.465 e. The number of methoxy groups -OCH3 is 1. The second-order valence-corrected chi connectivity index (χ2v) is 6.91. The zero-order chi connectivity index (χ0) is 16.3. The van der Waals surface area contributed by atoms with Crippen LogP contribution >= 0.6 is 0 Å². The van der Waals surface area contributed by atoms with Gasteiger partial charge in [0.2, 0.25) is 0 Å². The van der Waals surface area contributed by atoms with Crippen molar-refractivity contribution in [1.29, 1.82) is 0 Å². The van der Waals surface area contributed by atoms with Crippen LogP contribution in [0.2, 0.25) is 0 Å². The molecule has 0 unspecified atom stereocenters. The van der Waals surface area contributed by atoms with Gasteiger partial charge >= 0.3 is 16.1 Å². The number of ether oxygens (including phenoxy) is 1. The van der Waals surface area contributed by atoms with Crippen LogP contribution in [0, 0.1) is 0 Å². The Morgan fingerprint density at radius 1 is 1.27 bits per heavy atom. The Hall–Kier alpha value is -1.82. The zero-order valence-corrected chi connectivity index (χ0v) is 13.8. The van der Waals surface area contributed by atoms with Crippen molar-refractivity contribution >= 4 is 21.8 Å². The minimum absolute atomic E-state index is 0.372. The maximum atomic E-state index is 11.7. The fourth-order valence-corrected chi connectivity index (χ4v) is 3.15. The highest BCUT2D eigenvalue weighted by atomic mass is 32.2. The van der Waals surface area contributed by atoms with Gasteiger partial charge in [0.15, 0.2) is 0 Å². The van der Waals surface area contributed by atoms with Gasteiger partial charge in [-0.2, -0.15) is 8.42 Å². The van der Waals surface area contributed by atoms with E-state index in [1.165, 1.54) is 7.11 Å². The van der Waals surface area contributed by atoms with Gasteiger partial charge < -0.3 is 8.92 Å². The number of esters is 1. The highest BCUT2D eigenvalue weighted by Gasteiger charge is 2.24. The van der Waals surface area contributed by atoms with Crippen LogP contribution in [-0.4, -0.2) is 27.8 Å². The van der Waals surface area contributed by atoms with Gasteiger partial charge in [-0.15, -0.1) is 0 Å². The Morgan fingerprint density at radius 2 is 2.00 bits per heavy atom. The molecule has 0 aromatic heterocycles. The predicted molar refractivity (Wildman–Crippen MR) is 83.9 cm³/mol. The quantitative estimate of drug-likeness (QED) is 0.615. The molecule has 0 saturated heterocycles. The number of carbonyl (C=O) groups excluding carboxylic acids is 1. The number of benzene rings is 1. The summed E-state index contributed by atoms with van der Waals surface area (Å²) in [5, 5.41) is 0. The molecule has 1 aromatic rings. The van der Waals surface area contributed by atoms with Gasteiger partial charge in [0.25, 0.3) is 0 Å². The van der Waals surface area contributed by atoms with Crippen molar-refractivity contribution < 1.29 is 22.1 Å². The first kappa shape index (κ1) is 16.5. The lowest BCUT2D eigenvalue weighted by Crippen LogP contribution is -2.13. The van der Waals surface area contributed by atoms with E-state index in [1.807, 2.05) is 13.0 Å². The van der Waals surface area contributed by atoms with Gasteiger partial charge in [-0.05, 0) is 42.5 Å². The van der Waals surface area contributed by atoms with E-state index >= 15 is 0 Å². The first-order valence-electron chi connectivity index (χ1n) is 7.18. The molecule has 0 radical (unpaired) electrons. The van der Waals surface area contributed by atoms with E-state index < -0.39 is 16.1 Å². The van der Waals surface area contributed by atoms with Gasteiger partial charge in [0, 0.05) is 5.56 Å². The van der Waals surface area contributed by atoms with E-state index in [0.29, 0.717) is 16.9 Å². The Bertz CT molecular complexity index is 716. The average Bonchev–Trinajstić information content (AvgIpc) is 2.47. The molecule has 5 nitrogen and oxygen atoms in total. The third kappa shape index (κ3) is 3.68. The van der Waals surface area contributed by atoms with Gasteiger partial charge in [-0.25, -0.2) is 4.79 Å². The van der Waals surface area contributed by atoms with Crippen LogP contribution in [0.15, 0.2) is 23.8 Å². The summed E-state index contributed by atoms with van der Waals surface area (Å²) >= 11 is 0. The molecule has 0 fully saturated rings. The number of fused-ring (bicyclic) bond motifs is 1. The largest absolute Gasteiger partial charge is 0.465 e. The van der Waals surface area contributed by atoms with Crippen LogP contribution in [0.4, 0.5) is 0 Å². The summed E-state index contributed by atoms with van der Waals surface area (Å²) in [6.45, 7) is 2.03. The van der Waals surface area contributed by atoms with Crippen molar-refractivity contribution in [1.82, 2.24) is 0 Å². The molecular weight excluding hydrogens is 304 g/mol. The van der Waals surface area contributed by atoms with Crippen LogP contribution in [-0.2, 0) is 25.5 Å². The van der Waals surface area contributed by atoms with Crippen LogP contribution in [0.5, 0.6) is 0 Å². The van der Waals surface area contributed by atoms with Crippen molar-refractivity contribution in [3.05, 3.63) is 40.5 Å². The highest BCUT2D eigenvalue weighted by Crippen LogP contribution is 2.35. The van der Waals surface area contributed by atoms with E-state index in [9.17, 15) is 13.2 Å². The van der Waals surface area contributed by atoms with Crippen molar-refractivity contribution in [3.8, 4) is 0 Å². The zero-order valence-electron chi connectivity index (χ0n) is 13.0. The number of aryl methyl sites for hydroxylation is 1. The third-order valence-corrected chi connectivity index (χ3v) is 4.05. The molecule has 1 aliphatic carbocycles. The fourth-order valence-electron chi connectivity index (χ4n) is 2.64. The third-order valence-electron chi connectivity index (χ3n) is 3.58. The SMILES string of the molecule is CCCC1=C(OS(C)(=O)=O)c2cc(C(=O)OC)ccc2CC1. The molecule has 0 spiro atoms. The second kappa shape index (κ2) is 6.52. The van der Waals surface area contributed by atoms with Crippen LogP contribution < -0.4 is 0 Å².